The van der Waals surface area contributed by atoms with Gasteiger partial charge < -0.3 is 0 Å². The highest BCUT2D eigenvalue weighted by Gasteiger charge is 2.52. The molecule has 4 atom stereocenters. The van der Waals surface area contributed by atoms with Crippen LogP contribution in [0.15, 0.2) is 35.5 Å². The number of allylic oxidation sites excluding steroid dienone is 5. The molecule has 0 aromatic rings. The van der Waals surface area contributed by atoms with Crippen LogP contribution in [0.4, 0.5) is 0 Å². The predicted molar refractivity (Wildman–Crippen MR) is 85.8 cm³/mol. The second-order valence-electron chi connectivity index (χ2n) is 7.82. The van der Waals surface area contributed by atoms with Crippen molar-refractivity contribution in [3.63, 3.8) is 0 Å². The van der Waals surface area contributed by atoms with E-state index >= 15 is 0 Å². The van der Waals surface area contributed by atoms with E-state index in [4.69, 9.17) is 0 Å². The Hall–Kier alpha value is -1.11. The average molecular weight is 282 g/mol. The number of hydrogen-bond donors (Lipinski definition) is 0. The zero-order chi connectivity index (χ0) is 14.6. The van der Waals surface area contributed by atoms with Crippen molar-refractivity contribution in [2.24, 2.45) is 23.2 Å². The summed E-state index contributed by atoms with van der Waals surface area (Å²) in [6.45, 7) is 6.62. The summed E-state index contributed by atoms with van der Waals surface area (Å²) in [5.74, 6) is 2.73. The molecule has 2 saturated carbocycles. The van der Waals surface area contributed by atoms with E-state index < -0.39 is 0 Å². The van der Waals surface area contributed by atoms with Gasteiger partial charge in [0.15, 0.2) is 5.78 Å². The van der Waals surface area contributed by atoms with Crippen molar-refractivity contribution in [1.82, 2.24) is 0 Å². The normalized spacial score (nSPS) is 42.0. The summed E-state index contributed by atoms with van der Waals surface area (Å²) >= 11 is 0. The molecule has 0 N–H and O–H groups in total. The molecule has 0 spiro atoms. The van der Waals surface area contributed by atoms with E-state index in [-0.39, 0.29) is 0 Å². The van der Waals surface area contributed by atoms with Crippen LogP contribution < -0.4 is 0 Å². The van der Waals surface area contributed by atoms with Crippen LogP contribution in [-0.4, -0.2) is 5.78 Å². The Balaban J connectivity index is 1.73. The van der Waals surface area contributed by atoms with Gasteiger partial charge in [-0.25, -0.2) is 0 Å². The van der Waals surface area contributed by atoms with E-state index in [0.29, 0.717) is 11.2 Å². The molecule has 1 nitrogen and oxygen atoms in total. The van der Waals surface area contributed by atoms with Gasteiger partial charge in [0.05, 0.1) is 0 Å². The van der Waals surface area contributed by atoms with Gasteiger partial charge in [0.1, 0.15) is 0 Å². The fraction of sp³-hybridized carbons (Fsp3) is 0.650. The van der Waals surface area contributed by atoms with E-state index in [9.17, 15) is 4.79 Å². The van der Waals surface area contributed by atoms with Crippen LogP contribution in [0.25, 0.3) is 0 Å². The molecule has 0 aromatic heterocycles. The largest absolute Gasteiger partial charge is 0.295 e. The minimum absolute atomic E-state index is 0.348. The van der Waals surface area contributed by atoms with Gasteiger partial charge in [-0.05, 0) is 85.3 Å². The van der Waals surface area contributed by atoms with Crippen molar-refractivity contribution >= 4 is 5.78 Å². The third-order valence-electron chi connectivity index (χ3n) is 7.09. The second-order valence-corrected chi connectivity index (χ2v) is 7.82. The van der Waals surface area contributed by atoms with E-state index in [1.54, 1.807) is 11.1 Å². The summed E-state index contributed by atoms with van der Waals surface area (Å²) in [4.78, 5) is 11.7. The molecular weight excluding hydrogens is 256 g/mol. The highest BCUT2D eigenvalue weighted by atomic mass is 16.1. The monoisotopic (exact) mass is 282 g/mol. The Morgan fingerprint density at radius 1 is 1.19 bits per heavy atom. The maximum absolute atomic E-state index is 11.7. The molecular formula is C20H26O. The Bertz CT molecular complexity index is 564. The van der Waals surface area contributed by atoms with Crippen LogP contribution in [0, 0.1) is 23.2 Å². The van der Waals surface area contributed by atoms with E-state index in [1.165, 1.54) is 37.7 Å². The zero-order valence-corrected chi connectivity index (χ0v) is 13.2. The van der Waals surface area contributed by atoms with Gasteiger partial charge in [0.2, 0.25) is 0 Å². The summed E-state index contributed by atoms with van der Waals surface area (Å²) < 4.78 is 0. The topological polar surface area (TPSA) is 17.1 Å². The number of rotatable bonds is 1. The molecule has 1 heteroatoms. The fourth-order valence-electron chi connectivity index (χ4n) is 5.96. The third-order valence-corrected chi connectivity index (χ3v) is 7.09. The standard InChI is InChI=1S/C20H26O/c1-3-14-5-9-19-18-7-4-13-12-15(21)6-8-16(13)17(18)10-11-20(14,19)2/h3,12,14,18-19H,1,4-11H2,2H3/t14-,18+,19-,20+/m0/s1. The maximum atomic E-state index is 11.7. The minimum Gasteiger partial charge on any atom is -0.295 e. The Labute approximate surface area is 128 Å². The number of carbonyl (C=O) groups is 1. The first-order valence-electron chi connectivity index (χ1n) is 8.71. The van der Waals surface area contributed by atoms with E-state index in [1.807, 2.05) is 6.08 Å². The first kappa shape index (κ1) is 13.5. The molecule has 0 radical (unpaired) electrons. The molecule has 0 aromatic carbocycles. The van der Waals surface area contributed by atoms with Gasteiger partial charge >= 0.3 is 0 Å². The first-order chi connectivity index (χ1) is 10.1. The fourth-order valence-corrected chi connectivity index (χ4v) is 5.96. The first-order valence-corrected chi connectivity index (χ1v) is 8.71. The van der Waals surface area contributed by atoms with E-state index in [0.717, 1.165) is 37.0 Å². The molecule has 0 bridgehead atoms. The Morgan fingerprint density at radius 3 is 2.86 bits per heavy atom. The summed E-state index contributed by atoms with van der Waals surface area (Å²) in [6.07, 6.45) is 13.7. The smallest absolute Gasteiger partial charge is 0.156 e. The molecule has 2 fully saturated rings. The lowest BCUT2D eigenvalue weighted by Gasteiger charge is -2.49. The minimum atomic E-state index is 0.348. The van der Waals surface area contributed by atoms with Crippen molar-refractivity contribution in [1.29, 1.82) is 0 Å². The van der Waals surface area contributed by atoms with Crippen molar-refractivity contribution in [3.05, 3.63) is 35.5 Å². The number of hydrogen-bond acceptors (Lipinski definition) is 1. The van der Waals surface area contributed by atoms with Crippen molar-refractivity contribution in [3.8, 4) is 0 Å². The van der Waals surface area contributed by atoms with Crippen LogP contribution in [0.2, 0.25) is 0 Å². The van der Waals surface area contributed by atoms with Gasteiger partial charge in [-0.1, -0.05) is 18.6 Å². The lowest BCUT2D eigenvalue weighted by Crippen LogP contribution is -2.39. The van der Waals surface area contributed by atoms with Gasteiger partial charge in [0, 0.05) is 6.42 Å². The predicted octanol–water partition coefficient (Wildman–Crippen LogP) is 4.99. The molecule has 0 amide bonds. The Kier molecular flexibility index (Phi) is 3.03. The molecule has 112 valence electrons. The lowest BCUT2D eigenvalue weighted by molar-refractivity contribution is -0.114. The SMILES string of the molecule is C=C[C@H]1CC[C@H]2[C@@H]3CCC4=CC(=O)CCC4=C3CC[C@]12C. The van der Waals surface area contributed by atoms with E-state index in [2.05, 4.69) is 19.6 Å². The molecule has 0 saturated heterocycles. The van der Waals surface area contributed by atoms with Gasteiger partial charge in [-0.3, -0.25) is 4.79 Å². The van der Waals surface area contributed by atoms with Crippen LogP contribution in [0.3, 0.4) is 0 Å². The Morgan fingerprint density at radius 2 is 2.05 bits per heavy atom. The van der Waals surface area contributed by atoms with Crippen LogP contribution >= 0.6 is 0 Å². The highest BCUT2D eigenvalue weighted by Crippen LogP contribution is 2.62. The molecule has 4 aliphatic carbocycles. The molecule has 21 heavy (non-hydrogen) atoms. The molecule has 4 rings (SSSR count). The third kappa shape index (κ3) is 1.86. The molecule has 0 aliphatic heterocycles. The number of carbonyl (C=O) groups excluding carboxylic acids is 1. The quantitative estimate of drug-likeness (QED) is 0.619. The van der Waals surface area contributed by atoms with Crippen molar-refractivity contribution < 1.29 is 4.79 Å². The number of fused-ring (bicyclic) bond motifs is 4. The summed E-state index contributed by atoms with van der Waals surface area (Å²) in [6, 6.07) is 0. The van der Waals surface area contributed by atoms with Crippen LogP contribution in [0.1, 0.15) is 58.3 Å². The maximum Gasteiger partial charge on any atom is 0.156 e. The molecule has 4 aliphatic rings. The zero-order valence-electron chi connectivity index (χ0n) is 13.2. The molecule has 0 unspecified atom stereocenters. The van der Waals surface area contributed by atoms with Crippen LogP contribution in [-0.2, 0) is 4.79 Å². The van der Waals surface area contributed by atoms with Crippen molar-refractivity contribution in [2.75, 3.05) is 0 Å². The second kappa shape index (κ2) is 4.69. The molecule has 0 heterocycles. The summed E-state index contributed by atoms with van der Waals surface area (Å²) in [7, 11) is 0. The highest BCUT2D eigenvalue weighted by molar-refractivity contribution is 5.93. The summed E-state index contributed by atoms with van der Waals surface area (Å²) in [5.41, 5.74) is 5.21. The summed E-state index contributed by atoms with van der Waals surface area (Å²) in [5, 5.41) is 0. The van der Waals surface area contributed by atoms with Crippen molar-refractivity contribution in [2.45, 2.75) is 58.3 Å². The van der Waals surface area contributed by atoms with Crippen LogP contribution in [0.5, 0.6) is 0 Å². The number of ketones is 1. The average Bonchev–Trinajstić information content (AvgIpc) is 2.83. The van der Waals surface area contributed by atoms with Gasteiger partial charge in [-0.2, -0.15) is 0 Å². The van der Waals surface area contributed by atoms with Gasteiger partial charge in [-0.15, -0.1) is 6.58 Å². The lowest BCUT2D eigenvalue weighted by atomic mass is 9.56. The van der Waals surface area contributed by atoms with Gasteiger partial charge in [0.25, 0.3) is 0 Å².